The zero-order valence-corrected chi connectivity index (χ0v) is 8.71. The SMILES string of the molecule is C[C@@H]1N=C(c2ccccc2)S[C@H]1C. The van der Waals surface area contributed by atoms with E-state index in [1.165, 1.54) is 10.6 Å². The molecular formula is C11H13NS. The van der Waals surface area contributed by atoms with E-state index in [0.29, 0.717) is 11.3 Å². The summed E-state index contributed by atoms with van der Waals surface area (Å²) in [6.07, 6.45) is 0. The van der Waals surface area contributed by atoms with Gasteiger partial charge < -0.3 is 0 Å². The van der Waals surface area contributed by atoms with Gasteiger partial charge >= 0.3 is 0 Å². The Kier molecular flexibility index (Phi) is 2.40. The molecule has 2 atom stereocenters. The van der Waals surface area contributed by atoms with Crippen LogP contribution in [-0.2, 0) is 0 Å². The maximum atomic E-state index is 4.62. The monoisotopic (exact) mass is 191 g/mol. The van der Waals surface area contributed by atoms with E-state index < -0.39 is 0 Å². The van der Waals surface area contributed by atoms with Gasteiger partial charge in [0.25, 0.3) is 0 Å². The van der Waals surface area contributed by atoms with Crippen LogP contribution in [0.1, 0.15) is 19.4 Å². The molecule has 0 saturated heterocycles. The molecule has 0 bridgehead atoms. The third-order valence-corrected chi connectivity index (χ3v) is 3.65. The lowest BCUT2D eigenvalue weighted by atomic mass is 10.2. The summed E-state index contributed by atoms with van der Waals surface area (Å²) in [6, 6.07) is 10.9. The van der Waals surface area contributed by atoms with Gasteiger partial charge in [0.1, 0.15) is 0 Å². The lowest BCUT2D eigenvalue weighted by Gasteiger charge is -2.03. The average molecular weight is 191 g/mol. The lowest BCUT2D eigenvalue weighted by Crippen LogP contribution is -2.07. The molecule has 0 amide bonds. The minimum absolute atomic E-state index is 0.459. The second-order valence-corrected chi connectivity index (χ2v) is 4.73. The van der Waals surface area contributed by atoms with Crippen LogP contribution in [0.2, 0.25) is 0 Å². The van der Waals surface area contributed by atoms with Gasteiger partial charge in [0.2, 0.25) is 0 Å². The van der Waals surface area contributed by atoms with Crippen molar-refractivity contribution in [2.45, 2.75) is 25.1 Å². The Morgan fingerprint density at radius 1 is 1.15 bits per heavy atom. The zero-order chi connectivity index (χ0) is 9.26. The molecule has 0 saturated carbocycles. The Morgan fingerprint density at radius 3 is 2.38 bits per heavy atom. The Labute approximate surface area is 83.3 Å². The van der Waals surface area contributed by atoms with E-state index in [2.05, 4.69) is 43.1 Å². The highest BCUT2D eigenvalue weighted by Crippen LogP contribution is 2.29. The second-order valence-electron chi connectivity index (χ2n) is 3.36. The molecule has 0 N–H and O–H groups in total. The van der Waals surface area contributed by atoms with E-state index in [4.69, 9.17) is 0 Å². The number of rotatable bonds is 1. The molecule has 1 aromatic rings. The van der Waals surface area contributed by atoms with Gasteiger partial charge in [-0.05, 0) is 6.92 Å². The van der Waals surface area contributed by atoms with Gasteiger partial charge in [-0.15, -0.1) is 11.8 Å². The van der Waals surface area contributed by atoms with E-state index >= 15 is 0 Å². The summed E-state index contributed by atoms with van der Waals surface area (Å²) < 4.78 is 0. The minimum Gasteiger partial charge on any atom is -0.274 e. The number of nitrogens with zero attached hydrogens (tertiary/aromatic N) is 1. The minimum atomic E-state index is 0.459. The van der Waals surface area contributed by atoms with Crippen LogP contribution in [0.25, 0.3) is 0 Å². The van der Waals surface area contributed by atoms with E-state index in [9.17, 15) is 0 Å². The Morgan fingerprint density at radius 2 is 1.85 bits per heavy atom. The van der Waals surface area contributed by atoms with Crippen LogP contribution in [0.4, 0.5) is 0 Å². The van der Waals surface area contributed by atoms with Crippen molar-refractivity contribution in [2.24, 2.45) is 4.99 Å². The van der Waals surface area contributed by atoms with Gasteiger partial charge in [0, 0.05) is 10.8 Å². The maximum absolute atomic E-state index is 4.62. The number of hydrogen-bond acceptors (Lipinski definition) is 2. The molecule has 0 radical (unpaired) electrons. The topological polar surface area (TPSA) is 12.4 Å². The molecular weight excluding hydrogens is 178 g/mol. The molecule has 0 aromatic heterocycles. The van der Waals surface area contributed by atoms with Gasteiger partial charge in [-0.25, -0.2) is 0 Å². The lowest BCUT2D eigenvalue weighted by molar-refractivity contribution is 0.749. The highest BCUT2D eigenvalue weighted by molar-refractivity contribution is 8.15. The normalized spacial score (nSPS) is 27.4. The molecule has 1 aliphatic heterocycles. The Hall–Kier alpha value is -0.760. The summed E-state index contributed by atoms with van der Waals surface area (Å²) in [7, 11) is 0. The molecule has 2 rings (SSSR count). The van der Waals surface area contributed by atoms with E-state index in [-0.39, 0.29) is 0 Å². The highest BCUT2D eigenvalue weighted by Gasteiger charge is 2.22. The van der Waals surface area contributed by atoms with Crippen LogP contribution < -0.4 is 0 Å². The fourth-order valence-electron chi connectivity index (χ4n) is 1.32. The van der Waals surface area contributed by atoms with Crippen molar-refractivity contribution >= 4 is 16.8 Å². The van der Waals surface area contributed by atoms with E-state index in [0.717, 1.165) is 0 Å². The number of benzene rings is 1. The predicted molar refractivity (Wildman–Crippen MR) is 59.5 cm³/mol. The summed E-state index contributed by atoms with van der Waals surface area (Å²) in [5.74, 6) is 0. The zero-order valence-electron chi connectivity index (χ0n) is 7.90. The molecule has 1 aromatic carbocycles. The summed E-state index contributed by atoms with van der Waals surface area (Å²) in [5, 5.41) is 1.82. The van der Waals surface area contributed by atoms with Gasteiger partial charge in [-0.1, -0.05) is 37.3 Å². The number of hydrogen-bond donors (Lipinski definition) is 0. The van der Waals surface area contributed by atoms with Crippen molar-refractivity contribution < 1.29 is 0 Å². The number of aliphatic imine (C=N–C) groups is 1. The van der Waals surface area contributed by atoms with Gasteiger partial charge in [-0.2, -0.15) is 0 Å². The molecule has 2 heteroatoms. The first-order chi connectivity index (χ1) is 6.27. The van der Waals surface area contributed by atoms with Crippen molar-refractivity contribution in [3.63, 3.8) is 0 Å². The van der Waals surface area contributed by atoms with Crippen LogP contribution in [-0.4, -0.2) is 16.3 Å². The maximum Gasteiger partial charge on any atom is 0.0983 e. The molecule has 0 spiro atoms. The third kappa shape index (κ3) is 1.78. The standard InChI is InChI=1S/C11H13NS/c1-8-9(2)13-11(12-8)10-6-4-3-5-7-10/h3-9H,1-2H3/t8-,9-/m0/s1. The molecule has 0 aliphatic carbocycles. The highest BCUT2D eigenvalue weighted by atomic mass is 32.2. The fourth-order valence-corrected chi connectivity index (χ4v) is 2.43. The van der Waals surface area contributed by atoms with Crippen LogP contribution in [0, 0.1) is 0 Å². The van der Waals surface area contributed by atoms with E-state index in [1.807, 2.05) is 17.8 Å². The smallest absolute Gasteiger partial charge is 0.0983 e. The summed E-state index contributed by atoms with van der Waals surface area (Å²) >= 11 is 1.88. The van der Waals surface area contributed by atoms with Crippen LogP contribution in [0.15, 0.2) is 35.3 Å². The first-order valence-corrected chi connectivity index (χ1v) is 5.45. The first-order valence-electron chi connectivity index (χ1n) is 4.57. The summed E-state index contributed by atoms with van der Waals surface area (Å²) in [4.78, 5) is 4.62. The molecule has 0 fully saturated rings. The largest absolute Gasteiger partial charge is 0.274 e. The summed E-state index contributed by atoms with van der Waals surface area (Å²) in [5.41, 5.74) is 1.25. The van der Waals surface area contributed by atoms with Gasteiger partial charge in [0.15, 0.2) is 0 Å². The molecule has 1 heterocycles. The Bertz CT molecular complexity index is 318. The van der Waals surface area contributed by atoms with Crippen molar-refractivity contribution in [1.29, 1.82) is 0 Å². The Balaban J connectivity index is 2.25. The third-order valence-electron chi connectivity index (χ3n) is 2.32. The molecule has 1 nitrogen and oxygen atoms in total. The second kappa shape index (κ2) is 3.54. The van der Waals surface area contributed by atoms with Crippen LogP contribution in [0.5, 0.6) is 0 Å². The van der Waals surface area contributed by atoms with Crippen LogP contribution in [0.3, 0.4) is 0 Å². The number of thioether (sulfide) groups is 1. The summed E-state index contributed by atoms with van der Waals surface area (Å²) in [6.45, 7) is 4.41. The fraction of sp³-hybridized carbons (Fsp3) is 0.364. The van der Waals surface area contributed by atoms with Crippen molar-refractivity contribution in [1.82, 2.24) is 0 Å². The van der Waals surface area contributed by atoms with Crippen molar-refractivity contribution in [3.05, 3.63) is 35.9 Å². The van der Waals surface area contributed by atoms with Gasteiger partial charge in [-0.3, -0.25) is 4.99 Å². The van der Waals surface area contributed by atoms with Crippen LogP contribution >= 0.6 is 11.8 Å². The molecule has 1 aliphatic rings. The predicted octanol–water partition coefficient (Wildman–Crippen LogP) is 2.96. The molecule has 0 unspecified atom stereocenters. The average Bonchev–Trinajstić information content (AvgIpc) is 2.49. The van der Waals surface area contributed by atoms with Crippen molar-refractivity contribution in [3.8, 4) is 0 Å². The molecule has 13 heavy (non-hydrogen) atoms. The van der Waals surface area contributed by atoms with E-state index in [1.54, 1.807) is 0 Å². The molecule has 68 valence electrons. The van der Waals surface area contributed by atoms with Gasteiger partial charge in [0.05, 0.1) is 11.1 Å². The first kappa shape index (κ1) is 8.82. The van der Waals surface area contributed by atoms with Crippen molar-refractivity contribution in [2.75, 3.05) is 0 Å². The quantitative estimate of drug-likeness (QED) is 0.664.